The number of aromatic nitrogens is 1. The van der Waals surface area contributed by atoms with Crippen LogP contribution in [0.5, 0.6) is 0 Å². The zero-order valence-electron chi connectivity index (χ0n) is 12.4. The number of hydrogen-bond acceptors (Lipinski definition) is 5. The molecule has 1 aromatic heterocycles. The Morgan fingerprint density at radius 3 is 2.80 bits per heavy atom. The average molecular weight is 280 g/mol. The van der Waals surface area contributed by atoms with E-state index in [9.17, 15) is 4.79 Å². The lowest BCUT2D eigenvalue weighted by Gasteiger charge is -2.27. The van der Waals surface area contributed by atoms with Crippen molar-refractivity contribution in [3.05, 3.63) is 29.6 Å². The van der Waals surface area contributed by atoms with Gasteiger partial charge in [0, 0.05) is 32.4 Å². The van der Waals surface area contributed by atoms with E-state index in [4.69, 9.17) is 10.6 Å². The Hall–Kier alpha value is -1.50. The lowest BCUT2D eigenvalue weighted by Crippen LogP contribution is -2.35. The Morgan fingerprint density at radius 2 is 2.30 bits per heavy atom. The number of pyridine rings is 1. The number of ether oxygens (including phenoxy) is 1. The second-order valence-electron chi connectivity index (χ2n) is 4.73. The van der Waals surface area contributed by atoms with Gasteiger partial charge in [0.15, 0.2) is 0 Å². The van der Waals surface area contributed by atoms with Crippen LogP contribution in [0.1, 0.15) is 36.3 Å². The SMILES string of the molecule is CCC(C)N(CCOC)Cc1ccc(C(=O)NN)cn1. The van der Waals surface area contributed by atoms with Gasteiger partial charge in [-0.15, -0.1) is 0 Å². The predicted octanol–water partition coefficient (Wildman–Crippen LogP) is 0.932. The second-order valence-corrected chi connectivity index (χ2v) is 4.73. The number of nitrogens with zero attached hydrogens (tertiary/aromatic N) is 2. The predicted molar refractivity (Wildman–Crippen MR) is 77.9 cm³/mol. The van der Waals surface area contributed by atoms with Gasteiger partial charge in [0.1, 0.15) is 0 Å². The van der Waals surface area contributed by atoms with Crippen LogP contribution >= 0.6 is 0 Å². The van der Waals surface area contributed by atoms with Crippen LogP contribution in [0.25, 0.3) is 0 Å². The zero-order chi connectivity index (χ0) is 15.0. The Balaban J connectivity index is 2.70. The Labute approximate surface area is 120 Å². The average Bonchev–Trinajstić information content (AvgIpc) is 2.50. The fraction of sp³-hybridized carbons (Fsp3) is 0.571. The largest absolute Gasteiger partial charge is 0.383 e. The van der Waals surface area contributed by atoms with Crippen LogP contribution in [0, 0.1) is 0 Å². The molecule has 3 N–H and O–H groups in total. The molecule has 0 aliphatic heterocycles. The van der Waals surface area contributed by atoms with Gasteiger partial charge in [-0.2, -0.15) is 0 Å². The summed E-state index contributed by atoms with van der Waals surface area (Å²) < 4.78 is 5.14. The minimum atomic E-state index is -0.331. The van der Waals surface area contributed by atoms with E-state index < -0.39 is 0 Å². The number of rotatable bonds is 8. The number of methoxy groups -OCH3 is 1. The number of amides is 1. The molecular weight excluding hydrogens is 256 g/mol. The monoisotopic (exact) mass is 280 g/mol. The molecule has 0 bridgehead atoms. The van der Waals surface area contributed by atoms with Gasteiger partial charge in [0.05, 0.1) is 17.9 Å². The Bertz CT molecular complexity index is 408. The first-order valence-electron chi connectivity index (χ1n) is 6.81. The zero-order valence-corrected chi connectivity index (χ0v) is 12.4. The summed E-state index contributed by atoms with van der Waals surface area (Å²) in [7, 11) is 1.70. The summed E-state index contributed by atoms with van der Waals surface area (Å²) in [6, 6.07) is 4.04. The molecule has 112 valence electrons. The van der Waals surface area contributed by atoms with Crippen molar-refractivity contribution in [1.29, 1.82) is 0 Å². The maximum absolute atomic E-state index is 11.3. The highest BCUT2D eigenvalue weighted by Crippen LogP contribution is 2.09. The van der Waals surface area contributed by atoms with E-state index in [0.29, 0.717) is 18.2 Å². The summed E-state index contributed by atoms with van der Waals surface area (Å²) in [6.45, 7) is 6.64. The van der Waals surface area contributed by atoms with Crippen LogP contribution in [0.15, 0.2) is 18.3 Å². The molecule has 0 radical (unpaired) electrons. The minimum absolute atomic E-state index is 0.331. The smallest absolute Gasteiger partial charge is 0.266 e. The molecule has 0 aliphatic carbocycles. The summed E-state index contributed by atoms with van der Waals surface area (Å²) >= 11 is 0. The third kappa shape index (κ3) is 4.88. The van der Waals surface area contributed by atoms with Crippen LogP contribution in [0.2, 0.25) is 0 Å². The highest BCUT2D eigenvalue weighted by atomic mass is 16.5. The van der Waals surface area contributed by atoms with Gasteiger partial charge in [-0.1, -0.05) is 6.92 Å². The molecule has 0 spiro atoms. The lowest BCUT2D eigenvalue weighted by molar-refractivity contribution is 0.0953. The van der Waals surface area contributed by atoms with E-state index in [1.54, 1.807) is 19.4 Å². The third-order valence-corrected chi connectivity index (χ3v) is 3.38. The van der Waals surface area contributed by atoms with Crippen molar-refractivity contribution in [2.24, 2.45) is 5.84 Å². The highest BCUT2D eigenvalue weighted by molar-refractivity contribution is 5.93. The Morgan fingerprint density at radius 1 is 1.55 bits per heavy atom. The van der Waals surface area contributed by atoms with Crippen LogP contribution in [-0.2, 0) is 11.3 Å². The van der Waals surface area contributed by atoms with E-state index in [1.165, 1.54) is 0 Å². The van der Waals surface area contributed by atoms with E-state index >= 15 is 0 Å². The summed E-state index contributed by atoms with van der Waals surface area (Å²) in [5.41, 5.74) is 3.48. The number of carbonyl (C=O) groups is 1. The van der Waals surface area contributed by atoms with Crippen molar-refractivity contribution >= 4 is 5.91 Å². The summed E-state index contributed by atoms with van der Waals surface area (Å²) in [4.78, 5) is 18.0. The van der Waals surface area contributed by atoms with E-state index in [1.807, 2.05) is 6.07 Å². The number of hydrazine groups is 1. The normalized spacial score (nSPS) is 12.4. The van der Waals surface area contributed by atoms with Crippen molar-refractivity contribution in [1.82, 2.24) is 15.3 Å². The lowest BCUT2D eigenvalue weighted by atomic mass is 10.2. The van der Waals surface area contributed by atoms with Crippen LogP contribution in [-0.4, -0.2) is 42.1 Å². The van der Waals surface area contributed by atoms with Gasteiger partial charge in [0.2, 0.25) is 0 Å². The molecule has 0 saturated heterocycles. The van der Waals surface area contributed by atoms with Gasteiger partial charge < -0.3 is 4.74 Å². The summed E-state index contributed by atoms with van der Waals surface area (Å²) in [5.74, 6) is 4.75. The van der Waals surface area contributed by atoms with Gasteiger partial charge in [-0.25, -0.2) is 5.84 Å². The van der Waals surface area contributed by atoms with Crippen molar-refractivity contribution in [3.63, 3.8) is 0 Å². The number of carbonyl (C=O) groups excluding carboxylic acids is 1. The molecule has 0 aliphatic rings. The van der Waals surface area contributed by atoms with E-state index in [2.05, 4.69) is 29.2 Å². The number of nitrogens with one attached hydrogen (secondary N) is 1. The second kappa shape index (κ2) is 8.63. The molecule has 6 nitrogen and oxygen atoms in total. The van der Waals surface area contributed by atoms with E-state index in [0.717, 1.165) is 25.2 Å². The molecule has 1 rings (SSSR count). The number of nitrogen functional groups attached to an aromatic ring is 1. The summed E-state index contributed by atoms with van der Waals surface area (Å²) in [6.07, 6.45) is 2.61. The van der Waals surface area contributed by atoms with Gasteiger partial charge in [0.25, 0.3) is 5.91 Å². The number of nitrogens with two attached hydrogens (primary N) is 1. The van der Waals surface area contributed by atoms with Crippen LogP contribution in [0.4, 0.5) is 0 Å². The van der Waals surface area contributed by atoms with Gasteiger partial charge in [-0.3, -0.25) is 20.1 Å². The van der Waals surface area contributed by atoms with Gasteiger partial charge >= 0.3 is 0 Å². The molecule has 0 aromatic carbocycles. The van der Waals surface area contributed by atoms with Crippen LogP contribution in [0.3, 0.4) is 0 Å². The third-order valence-electron chi connectivity index (χ3n) is 3.38. The van der Waals surface area contributed by atoms with Gasteiger partial charge in [-0.05, 0) is 25.5 Å². The fourth-order valence-corrected chi connectivity index (χ4v) is 1.87. The molecule has 1 aromatic rings. The van der Waals surface area contributed by atoms with Crippen molar-refractivity contribution < 1.29 is 9.53 Å². The first kappa shape index (κ1) is 16.6. The molecule has 0 saturated carbocycles. The van der Waals surface area contributed by atoms with E-state index in [-0.39, 0.29) is 5.91 Å². The molecule has 6 heteroatoms. The molecular formula is C14H24N4O2. The molecule has 1 heterocycles. The minimum Gasteiger partial charge on any atom is -0.383 e. The molecule has 1 atom stereocenters. The quantitative estimate of drug-likeness (QED) is 0.421. The van der Waals surface area contributed by atoms with Crippen molar-refractivity contribution in [2.45, 2.75) is 32.9 Å². The summed E-state index contributed by atoms with van der Waals surface area (Å²) in [5, 5.41) is 0. The molecule has 1 amide bonds. The highest BCUT2D eigenvalue weighted by Gasteiger charge is 2.13. The number of hydrogen-bond donors (Lipinski definition) is 2. The molecule has 0 fully saturated rings. The maximum atomic E-state index is 11.3. The van der Waals surface area contributed by atoms with Crippen molar-refractivity contribution in [3.8, 4) is 0 Å². The fourth-order valence-electron chi connectivity index (χ4n) is 1.87. The molecule has 1 unspecified atom stereocenters. The first-order valence-corrected chi connectivity index (χ1v) is 6.81. The topological polar surface area (TPSA) is 80.5 Å². The first-order chi connectivity index (χ1) is 9.62. The van der Waals surface area contributed by atoms with Crippen molar-refractivity contribution in [2.75, 3.05) is 20.3 Å². The van der Waals surface area contributed by atoms with Crippen LogP contribution < -0.4 is 11.3 Å². The Kier molecular flexibility index (Phi) is 7.14. The maximum Gasteiger partial charge on any atom is 0.266 e. The molecule has 20 heavy (non-hydrogen) atoms. The standard InChI is InChI=1S/C14H24N4O2/c1-4-11(2)18(7-8-20-3)10-13-6-5-12(9-16-13)14(19)17-15/h5-6,9,11H,4,7-8,10,15H2,1-3H3,(H,17,19).